The van der Waals surface area contributed by atoms with Crippen LogP contribution >= 0.6 is 0 Å². The first-order valence-corrected chi connectivity index (χ1v) is 4.43. The van der Waals surface area contributed by atoms with Crippen LogP contribution in [-0.2, 0) is 4.79 Å². The molecule has 1 heterocycles. The van der Waals surface area contributed by atoms with Gasteiger partial charge in [0.2, 0.25) is 5.91 Å². The summed E-state index contributed by atoms with van der Waals surface area (Å²) in [5.41, 5.74) is 5.43. The number of rotatable bonds is 2. The Morgan fingerprint density at radius 1 is 1.75 bits per heavy atom. The van der Waals surface area contributed by atoms with Gasteiger partial charge in [0.1, 0.15) is 0 Å². The third-order valence-corrected chi connectivity index (χ3v) is 2.26. The van der Waals surface area contributed by atoms with Crippen LogP contribution in [0.4, 0.5) is 0 Å². The van der Waals surface area contributed by atoms with E-state index in [9.17, 15) is 4.79 Å². The lowest BCUT2D eigenvalue weighted by Crippen LogP contribution is -2.43. The van der Waals surface area contributed by atoms with Crippen LogP contribution in [0.15, 0.2) is 0 Å². The SMILES string of the molecule is CN1CCCNC(=O)C1CCN. The molecule has 0 radical (unpaired) electrons. The van der Waals surface area contributed by atoms with E-state index >= 15 is 0 Å². The van der Waals surface area contributed by atoms with Crippen LogP contribution in [0.3, 0.4) is 0 Å². The molecule has 1 fully saturated rings. The lowest BCUT2D eigenvalue weighted by Gasteiger charge is -2.22. The van der Waals surface area contributed by atoms with E-state index in [0.29, 0.717) is 6.54 Å². The van der Waals surface area contributed by atoms with Crippen LogP contribution in [-0.4, -0.2) is 43.5 Å². The van der Waals surface area contributed by atoms with Crippen molar-refractivity contribution in [3.05, 3.63) is 0 Å². The van der Waals surface area contributed by atoms with E-state index in [1.54, 1.807) is 0 Å². The van der Waals surface area contributed by atoms with Crippen LogP contribution in [0.2, 0.25) is 0 Å². The molecule has 0 aliphatic carbocycles. The van der Waals surface area contributed by atoms with Gasteiger partial charge in [-0.2, -0.15) is 0 Å². The minimum Gasteiger partial charge on any atom is -0.355 e. The zero-order valence-corrected chi connectivity index (χ0v) is 7.55. The fourth-order valence-electron chi connectivity index (χ4n) is 1.52. The van der Waals surface area contributed by atoms with E-state index in [1.807, 2.05) is 7.05 Å². The molecule has 1 aliphatic heterocycles. The Morgan fingerprint density at radius 3 is 3.17 bits per heavy atom. The van der Waals surface area contributed by atoms with E-state index in [1.165, 1.54) is 0 Å². The molecule has 1 aliphatic rings. The number of nitrogens with zero attached hydrogens (tertiary/aromatic N) is 1. The fourth-order valence-corrected chi connectivity index (χ4v) is 1.52. The van der Waals surface area contributed by atoms with Crippen LogP contribution in [0.1, 0.15) is 12.8 Å². The number of likely N-dealkylation sites (N-methyl/N-ethyl adjacent to an activating group) is 1. The molecule has 0 saturated carbocycles. The highest BCUT2D eigenvalue weighted by Gasteiger charge is 2.23. The zero-order valence-electron chi connectivity index (χ0n) is 7.55. The van der Waals surface area contributed by atoms with Crippen molar-refractivity contribution in [2.24, 2.45) is 5.73 Å². The van der Waals surface area contributed by atoms with Gasteiger partial charge in [0, 0.05) is 13.1 Å². The summed E-state index contributed by atoms with van der Waals surface area (Å²) in [6.07, 6.45) is 1.78. The highest BCUT2D eigenvalue weighted by Crippen LogP contribution is 2.05. The Labute approximate surface area is 73.1 Å². The Hall–Kier alpha value is -0.610. The summed E-state index contributed by atoms with van der Waals surface area (Å²) < 4.78 is 0. The van der Waals surface area contributed by atoms with Crippen molar-refractivity contribution < 1.29 is 4.79 Å². The molecule has 0 bridgehead atoms. The standard InChI is InChI=1S/C8H17N3O/c1-11-6-2-5-10-8(12)7(11)3-4-9/h7H,2-6,9H2,1H3,(H,10,12). The second-order valence-electron chi connectivity index (χ2n) is 3.22. The number of hydrogen-bond acceptors (Lipinski definition) is 3. The third kappa shape index (κ3) is 2.19. The molecule has 70 valence electrons. The highest BCUT2D eigenvalue weighted by molar-refractivity contribution is 5.81. The first kappa shape index (κ1) is 9.48. The Morgan fingerprint density at radius 2 is 2.50 bits per heavy atom. The molecule has 0 aromatic carbocycles. The second-order valence-corrected chi connectivity index (χ2v) is 3.22. The van der Waals surface area contributed by atoms with Crippen LogP contribution in [0, 0.1) is 0 Å². The molecule has 0 aromatic heterocycles. The van der Waals surface area contributed by atoms with Gasteiger partial charge in [-0.15, -0.1) is 0 Å². The second kappa shape index (κ2) is 4.42. The number of nitrogens with two attached hydrogens (primary N) is 1. The van der Waals surface area contributed by atoms with Gasteiger partial charge in [-0.1, -0.05) is 0 Å². The van der Waals surface area contributed by atoms with E-state index in [-0.39, 0.29) is 11.9 Å². The molecule has 4 nitrogen and oxygen atoms in total. The minimum absolute atomic E-state index is 0.0162. The number of carbonyl (C=O) groups excluding carboxylic acids is 1. The number of amides is 1. The maximum Gasteiger partial charge on any atom is 0.237 e. The van der Waals surface area contributed by atoms with Gasteiger partial charge in [0.25, 0.3) is 0 Å². The average molecular weight is 171 g/mol. The summed E-state index contributed by atoms with van der Waals surface area (Å²) in [6.45, 7) is 2.34. The van der Waals surface area contributed by atoms with Crippen LogP contribution < -0.4 is 11.1 Å². The van der Waals surface area contributed by atoms with Crippen molar-refractivity contribution in [1.82, 2.24) is 10.2 Å². The lowest BCUT2D eigenvalue weighted by atomic mass is 10.2. The average Bonchev–Trinajstić information content (AvgIpc) is 2.19. The number of nitrogens with one attached hydrogen (secondary N) is 1. The fraction of sp³-hybridized carbons (Fsp3) is 0.875. The first-order valence-electron chi connectivity index (χ1n) is 4.43. The molecule has 0 spiro atoms. The van der Waals surface area contributed by atoms with Crippen molar-refractivity contribution >= 4 is 5.91 Å². The maximum atomic E-state index is 11.4. The van der Waals surface area contributed by atoms with Crippen molar-refractivity contribution in [2.75, 3.05) is 26.7 Å². The molecule has 1 amide bonds. The topological polar surface area (TPSA) is 58.4 Å². The summed E-state index contributed by atoms with van der Waals surface area (Å²) in [6, 6.07) is -0.0162. The molecule has 12 heavy (non-hydrogen) atoms. The van der Waals surface area contributed by atoms with Crippen LogP contribution in [0.25, 0.3) is 0 Å². The summed E-state index contributed by atoms with van der Waals surface area (Å²) in [4.78, 5) is 13.5. The van der Waals surface area contributed by atoms with Gasteiger partial charge in [-0.25, -0.2) is 0 Å². The Bertz CT molecular complexity index is 160. The molecular weight excluding hydrogens is 154 g/mol. The molecule has 1 saturated heterocycles. The predicted molar refractivity (Wildman–Crippen MR) is 47.7 cm³/mol. The lowest BCUT2D eigenvalue weighted by molar-refractivity contribution is -0.125. The molecule has 4 heteroatoms. The monoisotopic (exact) mass is 171 g/mol. The van der Waals surface area contributed by atoms with Crippen molar-refractivity contribution in [3.63, 3.8) is 0 Å². The van der Waals surface area contributed by atoms with Gasteiger partial charge in [0.05, 0.1) is 6.04 Å². The maximum absolute atomic E-state index is 11.4. The van der Waals surface area contributed by atoms with Crippen molar-refractivity contribution in [1.29, 1.82) is 0 Å². The van der Waals surface area contributed by atoms with E-state index < -0.39 is 0 Å². The van der Waals surface area contributed by atoms with Gasteiger partial charge in [-0.3, -0.25) is 9.69 Å². The number of hydrogen-bond donors (Lipinski definition) is 2. The van der Waals surface area contributed by atoms with Crippen molar-refractivity contribution in [2.45, 2.75) is 18.9 Å². The molecule has 3 N–H and O–H groups in total. The largest absolute Gasteiger partial charge is 0.355 e. The summed E-state index contributed by atoms with van der Waals surface area (Å²) >= 11 is 0. The molecule has 1 rings (SSSR count). The Balaban J connectivity index is 2.55. The molecule has 1 atom stereocenters. The zero-order chi connectivity index (χ0) is 8.97. The molecule has 0 aromatic rings. The number of carbonyl (C=O) groups is 1. The van der Waals surface area contributed by atoms with E-state index in [4.69, 9.17) is 5.73 Å². The molecule has 1 unspecified atom stereocenters. The minimum atomic E-state index is -0.0162. The van der Waals surface area contributed by atoms with Gasteiger partial charge in [-0.05, 0) is 26.4 Å². The first-order chi connectivity index (χ1) is 5.75. The van der Waals surface area contributed by atoms with Gasteiger partial charge in [0.15, 0.2) is 0 Å². The Kier molecular flexibility index (Phi) is 3.49. The third-order valence-electron chi connectivity index (χ3n) is 2.26. The summed E-state index contributed by atoms with van der Waals surface area (Å²) in [7, 11) is 1.98. The predicted octanol–water partition coefficient (Wildman–Crippen LogP) is -0.844. The molecular formula is C8H17N3O. The van der Waals surface area contributed by atoms with Crippen LogP contribution in [0.5, 0.6) is 0 Å². The normalized spacial score (nSPS) is 26.5. The van der Waals surface area contributed by atoms with E-state index in [0.717, 1.165) is 25.9 Å². The van der Waals surface area contributed by atoms with Crippen molar-refractivity contribution in [3.8, 4) is 0 Å². The highest BCUT2D eigenvalue weighted by atomic mass is 16.2. The van der Waals surface area contributed by atoms with E-state index in [2.05, 4.69) is 10.2 Å². The smallest absolute Gasteiger partial charge is 0.237 e. The summed E-state index contributed by atoms with van der Waals surface area (Å²) in [5, 5.41) is 2.87. The van der Waals surface area contributed by atoms with Gasteiger partial charge < -0.3 is 11.1 Å². The van der Waals surface area contributed by atoms with Gasteiger partial charge >= 0.3 is 0 Å². The quantitative estimate of drug-likeness (QED) is 0.569. The summed E-state index contributed by atoms with van der Waals surface area (Å²) in [5.74, 6) is 0.125.